The lowest BCUT2D eigenvalue weighted by Gasteiger charge is -2.27. The number of carboxylic acids is 1. The quantitative estimate of drug-likeness (QED) is 0.823. The molecule has 2 N–H and O–H groups in total. The molecule has 5 nitrogen and oxygen atoms in total. The molecular formula is C12H15ClN2O3. The van der Waals surface area contributed by atoms with Gasteiger partial charge in [0.05, 0.1) is 5.56 Å². The molecule has 0 aliphatic heterocycles. The van der Waals surface area contributed by atoms with Crippen LogP contribution in [0.25, 0.3) is 0 Å². The standard InChI is InChI=1S/C12H15ClN2O3/c1-12(2,3)8(11(17)18)15-10(16)7-5-4-6-14-9(7)13/h4-6,8H,1-3H3,(H,15,16)(H,17,18). The van der Waals surface area contributed by atoms with Gasteiger partial charge in [-0.2, -0.15) is 0 Å². The number of nitrogens with zero attached hydrogens (tertiary/aromatic N) is 1. The van der Waals surface area contributed by atoms with Gasteiger partial charge >= 0.3 is 5.97 Å². The van der Waals surface area contributed by atoms with E-state index in [2.05, 4.69) is 10.3 Å². The van der Waals surface area contributed by atoms with Crippen LogP contribution >= 0.6 is 11.6 Å². The van der Waals surface area contributed by atoms with Gasteiger partial charge in [0.15, 0.2) is 0 Å². The molecule has 1 unspecified atom stereocenters. The molecule has 1 aromatic heterocycles. The van der Waals surface area contributed by atoms with Crippen LogP contribution in [0.15, 0.2) is 18.3 Å². The SMILES string of the molecule is CC(C)(C)C(NC(=O)c1cccnc1Cl)C(=O)O. The van der Waals surface area contributed by atoms with E-state index in [-0.39, 0.29) is 10.7 Å². The van der Waals surface area contributed by atoms with Crippen molar-refractivity contribution < 1.29 is 14.7 Å². The number of aromatic nitrogens is 1. The second-order valence-electron chi connectivity index (χ2n) is 4.95. The third kappa shape index (κ3) is 3.43. The molecule has 98 valence electrons. The summed E-state index contributed by atoms with van der Waals surface area (Å²) in [5.41, 5.74) is -0.439. The van der Waals surface area contributed by atoms with Crippen LogP contribution in [0.1, 0.15) is 31.1 Å². The Labute approximate surface area is 110 Å². The average Bonchev–Trinajstić information content (AvgIpc) is 2.24. The smallest absolute Gasteiger partial charge is 0.326 e. The fourth-order valence-electron chi connectivity index (χ4n) is 1.41. The summed E-state index contributed by atoms with van der Waals surface area (Å²) < 4.78 is 0. The van der Waals surface area contributed by atoms with Crippen molar-refractivity contribution in [3.63, 3.8) is 0 Å². The first-order chi connectivity index (χ1) is 8.23. The zero-order valence-corrected chi connectivity index (χ0v) is 11.2. The van der Waals surface area contributed by atoms with Crippen molar-refractivity contribution in [2.45, 2.75) is 26.8 Å². The lowest BCUT2D eigenvalue weighted by Crippen LogP contribution is -2.49. The van der Waals surface area contributed by atoms with Gasteiger partial charge in [0.2, 0.25) is 0 Å². The molecule has 0 aliphatic rings. The largest absolute Gasteiger partial charge is 0.480 e. The molecule has 6 heteroatoms. The Morgan fingerprint density at radius 1 is 1.44 bits per heavy atom. The van der Waals surface area contributed by atoms with Gasteiger partial charge < -0.3 is 10.4 Å². The van der Waals surface area contributed by atoms with Crippen LogP contribution in [-0.2, 0) is 4.79 Å². The number of aliphatic carboxylic acids is 1. The summed E-state index contributed by atoms with van der Waals surface area (Å²) in [6.07, 6.45) is 1.46. The summed E-state index contributed by atoms with van der Waals surface area (Å²) in [7, 11) is 0. The number of nitrogens with one attached hydrogen (secondary N) is 1. The van der Waals surface area contributed by atoms with E-state index in [1.54, 1.807) is 26.8 Å². The zero-order valence-electron chi connectivity index (χ0n) is 10.4. The van der Waals surface area contributed by atoms with Gasteiger partial charge in [0.25, 0.3) is 5.91 Å². The van der Waals surface area contributed by atoms with E-state index in [1.165, 1.54) is 12.3 Å². The van der Waals surface area contributed by atoms with Crippen LogP contribution in [0.5, 0.6) is 0 Å². The van der Waals surface area contributed by atoms with E-state index < -0.39 is 23.3 Å². The van der Waals surface area contributed by atoms with Gasteiger partial charge in [-0.05, 0) is 17.5 Å². The van der Waals surface area contributed by atoms with E-state index in [4.69, 9.17) is 16.7 Å². The number of rotatable bonds is 3. The van der Waals surface area contributed by atoms with Gasteiger partial charge in [-0.3, -0.25) is 4.79 Å². The lowest BCUT2D eigenvalue weighted by molar-refractivity contribution is -0.142. The summed E-state index contributed by atoms with van der Waals surface area (Å²) in [5, 5.41) is 11.6. The summed E-state index contributed by atoms with van der Waals surface area (Å²) in [5.74, 6) is -1.63. The number of halogens is 1. The number of amides is 1. The van der Waals surface area contributed by atoms with Gasteiger partial charge in [-0.25, -0.2) is 9.78 Å². The maximum absolute atomic E-state index is 11.9. The van der Waals surface area contributed by atoms with Crippen LogP contribution in [0.2, 0.25) is 5.15 Å². The number of hydrogen-bond acceptors (Lipinski definition) is 3. The Kier molecular flexibility index (Phi) is 4.29. The van der Waals surface area contributed by atoms with Crippen molar-refractivity contribution in [3.8, 4) is 0 Å². The predicted octanol–water partition coefficient (Wildman–Crippen LogP) is 1.96. The summed E-state index contributed by atoms with van der Waals surface area (Å²) >= 11 is 5.78. The van der Waals surface area contributed by atoms with Crippen molar-refractivity contribution in [3.05, 3.63) is 29.0 Å². The molecule has 0 bridgehead atoms. The molecule has 18 heavy (non-hydrogen) atoms. The Bertz CT molecular complexity index is 469. The molecule has 0 radical (unpaired) electrons. The number of hydrogen-bond donors (Lipinski definition) is 2. The minimum atomic E-state index is -1.09. The van der Waals surface area contributed by atoms with Crippen LogP contribution in [0, 0.1) is 5.41 Å². The molecule has 1 amide bonds. The van der Waals surface area contributed by atoms with E-state index in [0.717, 1.165) is 0 Å². The van der Waals surface area contributed by atoms with Gasteiger partial charge in [-0.15, -0.1) is 0 Å². The number of carboxylic acid groups (broad SMARTS) is 1. The molecule has 0 saturated heterocycles. The Morgan fingerprint density at radius 3 is 2.50 bits per heavy atom. The second-order valence-corrected chi connectivity index (χ2v) is 5.31. The highest BCUT2D eigenvalue weighted by molar-refractivity contribution is 6.32. The molecule has 1 atom stereocenters. The van der Waals surface area contributed by atoms with Crippen molar-refractivity contribution in [2.24, 2.45) is 5.41 Å². The third-order valence-electron chi connectivity index (χ3n) is 2.39. The van der Waals surface area contributed by atoms with E-state index in [9.17, 15) is 9.59 Å². The van der Waals surface area contributed by atoms with Crippen molar-refractivity contribution in [2.75, 3.05) is 0 Å². The fourth-order valence-corrected chi connectivity index (χ4v) is 1.62. The highest BCUT2D eigenvalue weighted by Crippen LogP contribution is 2.20. The molecular weight excluding hydrogens is 256 g/mol. The molecule has 0 aromatic carbocycles. The van der Waals surface area contributed by atoms with Crippen LogP contribution in [-0.4, -0.2) is 28.0 Å². The van der Waals surface area contributed by atoms with Crippen LogP contribution < -0.4 is 5.32 Å². The first-order valence-corrected chi connectivity index (χ1v) is 5.75. The van der Waals surface area contributed by atoms with Crippen molar-refractivity contribution in [1.82, 2.24) is 10.3 Å². The van der Waals surface area contributed by atoms with Crippen molar-refractivity contribution >= 4 is 23.5 Å². The van der Waals surface area contributed by atoms with Crippen LogP contribution in [0.4, 0.5) is 0 Å². The maximum atomic E-state index is 11.9. The van der Waals surface area contributed by atoms with Gasteiger partial charge in [-0.1, -0.05) is 32.4 Å². The third-order valence-corrected chi connectivity index (χ3v) is 2.69. The minimum Gasteiger partial charge on any atom is -0.480 e. The first kappa shape index (κ1) is 14.4. The summed E-state index contributed by atoms with van der Waals surface area (Å²) in [6, 6.07) is 2.06. The first-order valence-electron chi connectivity index (χ1n) is 5.37. The Hall–Kier alpha value is -1.62. The van der Waals surface area contributed by atoms with Crippen LogP contribution in [0.3, 0.4) is 0 Å². The maximum Gasteiger partial charge on any atom is 0.326 e. The average molecular weight is 271 g/mol. The summed E-state index contributed by atoms with van der Waals surface area (Å²) in [6.45, 7) is 5.20. The topological polar surface area (TPSA) is 79.3 Å². The molecule has 0 fully saturated rings. The van der Waals surface area contributed by atoms with Gasteiger partial charge in [0.1, 0.15) is 11.2 Å². The highest BCUT2D eigenvalue weighted by atomic mass is 35.5. The Morgan fingerprint density at radius 2 is 2.06 bits per heavy atom. The predicted molar refractivity (Wildman–Crippen MR) is 67.6 cm³/mol. The summed E-state index contributed by atoms with van der Waals surface area (Å²) in [4.78, 5) is 26.8. The minimum absolute atomic E-state index is 0.0491. The molecule has 0 saturated carbocycles. The highest BCUT2D eigenvalue weighted by Gasteiger charge is 2.33. The monoisotopic (exact) mass is 270 g/mol. The van der Waals surface area contributed by atoms with E-state index in [1.807, 2.05) is 0 Å². The number of pyridine rings is 1. The molecule has 1 rings (SSSR count). The van der Waals surface area contributed by atoms with E-state index >= 15 is 0 Å². The van der Waals surface area contributed by atoms with Gasteiger partial charge in [0, 0.05) is 6.20 Å². The molecule has 1 aromatic rings. The Balaban J connectivity index is 2.93. The fraction of sp³-hybridized carbons (Fsp3) is 0.417. The lowest BCUT2D eigenvalue weighted by atomic mass is 9.86. The molecule has 0 aliphatic carbocycles. The van der Waals surface area contributed by atoms with Crippen molar-refractivity contribution in [1.29, 1.82) is 0 Å². The zero-order chi connectivity index (χ0) is 13.9. The molecule has 0 spiro atoms. The number of carbonyl (C=O) groups excluding carboxylic acids is 1. The normalized spacial score (nSPS) is 12.9. The number of carbonyl (C=O) groups is 2. The molecule has 1 heterocycles. The second kappa shape index (κ2) is 5.35. The van der Waals surface area contributed by atoms with E-state index in [0.29, 0.717) is 0 Å².